The predicted octanol–water partition coefficient (Wildman–Crippen LogP) is 3.83. The van der Waals surface area contributed by atoms with Gasteiger partial charge in [-0.2, -0.15) is 9.61 Å². The molecular weight excluding hydrogens is 527 g/mol. The lowest BCUT2D eigenvalue weighted by Crippen LogP contribution is -2.47. The summed E-state index contributed by atoms with van der Waals surface area (Å²) in [4.78, 5) is 37.2. The highest BCUT2D eigenvalue weighted by Crippen LogP contribution is 2.45. The number of ether oxygens (including phenoxy) is 1. The normalized spacial score (nSPS) is 21.6. The van der Waals surface area contributed by atoms with E-state index >= 15 is 0 Å². The highest BCUT2D eigenvalue weighted by molar-refractivity contribution is 6.04. The summed E-state index contributed by atoms with van der Waals surface area (Å²) in [7, 11) is 1.43. The Morgan fingerprint density at radius 2 is 1.93 bits per heavy atom. The fraction of sp³-hybridized carbons (Fsp3) is 0.367. The Kier molecular flexibility index (Phi) is 6.19. The van der Waals surface area contributed by atoms with Gasteiger partial charge in [0.25, 0.3) is 0 Å². The minimum atomic E-state index is -0.487. The van der Waals surface area contributed by atoms with E-state index in [0.717, 1.165) is 29.7 Å². The zero-order chi connectivity index (χ0) is 28.2. The van der Waals surface area contributed by atoms with Gasteiger partial charge in [0.1, 0.15) is 12.4 Å². The number of Topliss-reactive ketones (excluding diaryl/α,β-unsaturated/α-hetero) is 1. The van der Waals surface area contributed by atoms with Crippen LogP contribution in [0.4, 0.5) is 10.2 Å². The summed E-state index contributed by atoms with van der Waals surface area (Å²) in [6, 6.07) is 8.52. The maximum Gasteiger partial charge on any atom is 0.248 e. The predicted molar refractivity (Wildman–Crippen MR) is 148 cm³/mol. The maximum absolute atomic E-state index is 14.3. The van der Waals surface area contributed by atoms with E-state index in [1.165, 1.54) is 13.2 Å². The van der Waals surface area contributed by atoms with Crippen molar-refractivity contribution in [1.29, 1.82) is 0 Å². The van der Waals surface area contributed by atoms with Crippen molar-refractivity contribution in [2.24, 2.45) is 0 Å². The average molecular weight is 557 g/mol. The average Bonchev–Trinajstić information content (AvgIpc) is 3.54. The first kappa shape index (κ1) is 25.6. The van der Waals surface area contributed by atoms with Crippen molar-refractivity contribution in [3.63, 3.8) is 0 Å². The number of aliphatic hydroxyl groups is 1. The number of fused-ring (bicyclic) bond motifs is 5. The van der Waals surface area contributed by atoms with Crippen molar-refractivity contribution in [2.45, 2.75) is 50.1 Å². The number of carbonyl (C=O) groups is 2. The lowest BCUT2D eigenvalue weighted by atomic mass is 9.84. The third kappa shape index (κ3) is 4.14. The van der Waals surface area contributed by atoms with Gasteiger partial charge in [-0.1, -0.05) is 6.07 Å². The molecule has 2 bridgehead atoms. The molecule has 10 nitrogen and oxygen atoms in total. The van der Waals surface area contributed by atoms with Crippen LogP contribution in [-0.2, 0) is 4.79 Å². The number of rotatable bonds is 5. The first-order valence-corrected chi connectivity index (χ1v) is 13.9. The molecule has 0 saturated carbocycles. The number of amides is 1. The lowest BCUT2D eigenvalue weighted by molar-refractivity contribution is -0.138. The van der Waals surface area contributed by atoms with E-state index in [9.17, 15) is 19.1 Å². The van der Waals surface area contributed by atoms with Gasteiger partial charge >= 0.3 is 0 Å². The van der Waals surface area contributed by atoms with Crippen LogP contribution < -0.4 is 10.1 Å². The topological polar surface area (TPSA) is 122 Å². The number of pyridine rings is 1. The minimum Gasteiger partial charge on any atom is -0.494 e. The summed E-state index contributed by atoms with van der Waals surface area (Å²) in [5.74, 6) is 0.178. The zero-order valence-electron chi connectivity index (χ0n) is 22.5. The highest BCUT2D eigenvalue weighted by atomic mass is 19.1. The summed E-state index contributed by atoms with van der Waals surface area (Å²) in [5, 5.41) is 17.5. The number of anilines is 1. The van der Waals surface area contributed by atoms with Crippen LogP contribution >= 0.6 is 0 Å². The van der Waals surface area contributed by atoms with Gasteiger partial charge in [0.2, 0.25) is 5.91 Å². The van der Waals surface area contributed by atoms with Gasteiger partial charge in [-0.05, 0) is 49.9 Å². The van der Waals surface area contributed by atoms with Crippen LogP contribution in [-0.4, -0.2) is 73.6 Å². The minimum absolute atomic E-state index is 0.00561. The molecule has 1 amide bonds. The number of nitrogens with one attached hydrogen (secondary N) is 1. The van der Waals surface area contributed by atoms with Crippen LogP contribution in [0.2, 0.25) is 0 Å². The second-order valence-corrected chi connectivity index (χ2v) is 10.9. The van der Waals surface area contributed by atoms with E-state index in [2.05, 4.69) is 15.4 Å². The molecule has 2 fully saturated rings. The second kappa shape index (κ2) is 9.91. The van der Waals surface area contributed by atoms with E-state index in [1.807, 2.05) is 17.0 Å². The van der Waals surface area contributed by atoms with Gasteiger partial charge in [0.05, 0.1) is 30.3 Å². The Balaban J connectivity index is 1.28. The van der Waals surface area contributed by atoms with E-state index in [-0.39, 0.29) is 35.4 Å². The van der Waals surface area contributed by atoms with Crippen LogP contribution in [0.15, 0.2) is 42.7 Å². The summed E-state index contributed by atoms with van der Waals surface area (Å²) in [6.07, 6.45) is 6.99. The maximum atomic E-state index is 14.3. The Hall–Kier alpha value is -4.38. The van der Waals surface area contributed by atoms with Gasteiger partial charge in [0, 0.05) is 53.9 Å². The number of methoxy groups -OCH3 is 1. The Bertz CT molecular complexity index is 1670. The molecule has 0 radical (unpaired) electrons. The molecule has 11 heteroatoms. The third-order valence-corrected chi connectivity index (χ3v) is 8.66. The highest BCUT2D eigenvalue weighted by Gasteiger charge is 2.45. The molecule has 2 unspecified atom stereocenters. The summed E-state index contributed by atoms with van der Waals surface area (Å²) in [5.41, 5.74) is 4.76. The lowest BCUT2D eigenvalue weighted by Gasteiger charge is -2.39. The number of aliphatic hydroxyl groups excluding tert-OH is 1. The molecular formula is C30H29FN6O4. The first-order chi connectivity index (χ1) is 20.0. The number of nitrogens with zero attached hydrogens (tertiary/aromatic N) is 5. The van der Waals surface area contributed by atoms with Crippen molar-refractivity contribution < 1.29 is 23.8 Å². The van der Waals surface area contributed by atoms with Crippen LogP contribution in [0.1, 0.15) is 54.1 Å². The van der Waals surface area contributed by atoms with Crippen molar-refractivity contribution in [3.05, 3.63) is 59.8 Å². The zero-order valence-corrected chi connectivity index (χ0v) is 22.5. The van der Waals surface area contributed by atoms with Crippen molar-refractivity contribution >= 4 is 23.2 Å². The molecule has 7 rings (SSSR count). The molecule has 210 valence electrons. The van der Waals surface area contributed by atoms with Crippen LogP contribution in [0.5, 0.6) is 5.75 Å². The Labute approximate surface area is 235 Å². The van der Waals surface area contributed by atoms with Gasteiger partial charge < -0.3 is 20.1 Å². The smallest absolute Gasteiger partial charge is 0.248 e. The molecule has 3 aliphatic rings. The van der Waals surface area contributed by atoms with Crippen LogP contribution in [0, 0.1) is 5.82 Å². The fourth-order valence-electron chi connectivity index (χ4n) is 6.81. The van der Waals surface area contributed by atoms with Crippen molar-refractivity contribution in [2.75, 3.05) is 25.6 Å². The van der Waals surface area contributed by atoms with E-state index < -0.39 is 12.4 Å². The number of aromatic nitrogens is 4. The molecule has 0 aliphatic carbocycles. The molecule has 2 saturated heterocycles. The van der Waals surface area contributed by atoms with E-state index in [4.69, 9.17) is 9.72 Å². The monoisotopic (exact) mass is 556 g/mol. The fourth-order valence-corrected chi connectivity index (χ4v) is 6.81. The third-order valence-electron chi connectivity index (χ3n) is 8.66. The van der Waals surface area contributed by atoms with Crippen molar-refractivity contribution in [1.82, 2.24) is 24.5 Å². The molecule has 0 spiro atoms. The number of halogens is 1. The Morgan fingerprint density at radius 1 is 1.15 bits per heavy atom. The molecule has 2 N–H and O–H groups in total. The largest absolute Gasteiger partial charge is 0.494 e. The van der Waals surface area contributed by atoms with Crippen LogP contribution in [0.25, 0.3) is 28.0 Å². The first-order valence-electron chi connectivity index (χ1n) is 13.9. The van der Waals surface area contributed by atoms with Gasteiger partial charge in [0.15, 0.2) is 23.0 Å². The summed E-state index contributed by atoms with van der Waals surface area (Å²) in [6.45, 7) is 0.0298. The SMILES string of the molecule is COc1ccc(-c2ccc(-c3cnn4c5c(c(C6CC7CCC(C6)N7C(=O)CO)nc34)C(=O)CCN5)cn2)cc1F. The summed E-state index contributed by atoms with van der Waals surface area (Å²) < 4.78 is 21.0. The van der Waals surface area contributed by atoms with Crippen LogP contribution in [0.3, 0.4) is 0 Å². The standard InChI is InChI=1S/C30H29FN6O4/c1-41-25-7-3-16(12-22(25)31)23-6-2-17(13-33-23)21-14-34-37-29(21)35-28(27-24(39)8-9-32-30(27)37)18-10-19-4-5-20(11-18)36(19)26(40)15-38/h2-3,6-7,12-14,18-20,32,38H,4-5,8-11,15H2,1H3. The second-order valence-electron chi connectivity index (χ2n) is 10.9. The summed E-state index contributed by atoms with van der Waals surface area (Å²) >= 11 is 0. The number of piperidine rings is 1. The van der Waals surface area contributed by atoms with Gasteiger partial charge in [-0.3, -0.25) is 14.6 Å². The van der Waals surface area contributed by atoms with E-state index in [0.29, 0.717) is 54.1 Å². The van der Waals surface area contributed by atoms with Crippen molar-refractivity contribution in [3.8, 4) is 28.1 Å². The number of carbonyl (C=O) groups excluding carboxylic acids is 2. The van der Waals surface area contributed by atoms with Gasteiger partial charge in [-0.25, -0.2) is 9.37 Å². The molecule has 41 heavy (non-hydrogen) atoms. The number of hydrogen-bond acceptors (Lipinski definition) is 8. The number of ketones is 1. The molecule has 4 aromatic rings. The quantitative estimate of drug-likeness (QED) is 0.380. The molecule has 1 aromatic carbocycles. The van der Waals surface area contributed by atoms with Gasteiger partial charge in [-0.15, -0.1) is 0 Å². The molecule has 3 aliphatic heterocycles. The Morgan fingerprint density at radius 3 is 2.61 bits per heavy atom. The van der Waals surface area contributed by atoms with E-state index in [1.54, 1.807) is 29.0 Å². The number of hydrogen-bond donors (Lipinski definition) is 2. The molecule has 3 aromatic heterocycles. The molecule has 2 atom stereocenters. The number of benzene rings is 1. The molecule has 6 heterocycles.